The van der Waals surface area contributed by atoms with E-state index in [1.165, 1.54) is 5.56 Å². The van der Waals surface area contributed by atoms with E-state index >= 15 is 0 Å². The minimum Gasteiger partial charge on any atom is -0.452 e. The number of rotatable bonds is 7. The third-order valence-electron chi connectivity index (χ3n) is 3.53. The molecule has 0 radical (unpaired) electrons. The summed E-state index contributed by atoms with van der Waals surface area (Å²) in [5.41, 5.74) is 1.66. The lowest BCUT2D eigenvalue weighted by molar-refractivity contribution is -0.124. The van der Waals surface area contributed by atoms with Gasteiger partial charge in [0, 0.05) is 10.5 Å². The van der Waals surface area contributed by atoms with Gasteiger partial charge < -0.3 is 10.1 Å². The third kappa shape index (κ3) is 6.16. The zero-order chi connectivity index (χ0) is 17.4. The monoisotopic (exact) mass is 389 g/mol. The smallest absolute Gasteiger partial charge is 0.338 e. The van der Waals surface area contributed by atoms with Gasteiger partial charge in [0.25, 0.3) is 5.91 Å². The summed E-state index contributed by atoms with van der Waals surface area (Å²) in [7, 11) is 0. The van der Waals surface area contributed by atoms with Gasteiger partial charge in [-0.1, -0.05) is 46.3 Å². The molecule has 4 nitrogen and oxygen atoms in total. The fourth-order valence-electron chi connectivity index (χ4n) is 2.22. The molecule has 0 bridgehead atoms. The van der Waals surface area contributed by atoms with Crippen molar-refractivity contribution < 1.29 is 14.3 Å². The maximum atomic E-state index is 11.9. The molecule has 5 heteroatoms. The molecule has 0 aliphatic carbocycles. The topological polar surface area (TPSA) is 55.4 Å². The first kappa shape index (κ1) is 18.2. The average molecular weight is 390 g/mol. The molecule has 1 amide bonds. The molecule has 1 N–H and O–H groups in total. The number of benzene rings is 2. The SMILES string of the molecule is C[C@@H](CCc1ccccc1)NC(=O)COC(=O)c1ccc(Br)cc1. The Bertz CT molecular complexity index is 671. The van der Waals surface area contributed by atoms with Crippen LogP contribution in [-0.4, -0.2) is 24.5 Å². The first-order chi connectivity index (χ1) is 11.5. The van der Waals surface area contributed by atoms with Crippen molar-refractivity contribution in [1.82, 2.24) is 5.32 Å². The largest absolute Gasteiger partial charge is 0.452 e. The zero-order valence-electron chi connectivity index (χ0n) is 13.5. The van der Waals surface area contributed by atoms with Crippen LogP contribution in [0.15, 0.2) is 59.1 Å². The van der Waals surface area contributed by atoms with Crippen molar-refractivity contribution in [3.05, 3.63) is 70.2 Å². The van der Waals surface area contributed by atoms with Gasteiger partial charge in [-0.05, 0) is 49.6 Å². The molecule has 126 valence electrons. The second-order valence-electron chi connectivity index (χ2n) is 5.58. The van der Waals surface area contributed by atoms with E-state index in [1.54, 1.807) is 24.3 Å². The number of esters is 1. The maximum Gasteiger partial charge on any atom is 0.338 e. The molecule has 0 unspecified atom stereocenters. The molecule has 0 aliphatic heterocycles. The van der Waals surface area contributed by atoms with Crippen LogP contribution in [-0.2, 0) is 16.0 Å². The van der Waals surface area contributed by atoms with Gasteiger partial charge in [0.05, 0.1) is 5.56 Å². The highest BCUT2D eigenvalue weighted by Gasteiger charge is 2.12. The highest BCUT2D eigenvalue weighted by molar-refractivity contribution is 9.10. The van der Waals surface area contributed by atoms with Crippen molar-refractivity contribution in [1.29, 1.82) is 0 Å². The number of hydrogen-bond acceptors (Lipinski definition) is 3. The van der Waals surface area contributed by atoms with Gasteiger partial charge in [-0.2, -0.15) is 0 Å². The van der Waals surface area contributed by atoms with E-state index in [9.17, 15) is 9.59 Å². The summed E-state index contributed by atoms with van der Waals surface area (Å²) in [6.45, 7) is 1.67. The van der Waals surface area contributed by atoms with Crippen LogP contribution in [0.4, 0.5) is 0 Å². The lowest BCUT2D eigenvalue weighted by atomic mass is 10.1. The summed E-state index contributed by atoms with van der Waals surface area (Å²) in [5, 5.41) is 2.84. The van der Waals surface area contributed by atoms with Crippen molar-refractivity contribution >= 4 is 27.8 Å². The van der Waals surface area contributed by atoms with E-state index in [4.69, 9.17) is 4.74 Å². The Morgan fingerprint density at radius 2 is 1.75 bits per heavy atom. The predicted molar refractivity (Wildman–Crippen MR) is 96.8 cm³/mol. The Kier molecular flexibility index (Phi) is 7.00. The zero-order valence-corrected chi connectivity index (χ0v) is 15.1. The van der Waals surface area contributed by atoms with Gasteiger partial charge in [-0.25, -0.2) is 4.79 Å². The summed E-state index contributed by atoms with van der Waals surface area (Å²) in [6.07, 6.45) is 1.72. The first-order valence-electron chi connectivity index (χ1n) is 7.80. The summed E-state index contributed by atoms with van der Waals surface area (Å²) < 4.78 is 5.91. The molecule has 0 heterocycles. The second-order valence-corrected chi connectivity index (χ2v) is 6.49. The third-order valence-corrected chi connectivity index (χ3v) is 4.06. The number of amides is 1. The van der Waals surface area contributed by atoms with E-state index in [0.29, 0.717) is 5.56 Å². The molecule has 0 saturated heterocycles. The van der Waals surface area contributed by atoms with Gasteiger partial charge in [0.1, 0.15) is 0 Å². The minimum atomic E-state index is -0.505. The van der Waals surface area contributed by atoms with Crippen LogP contribution < -0.4 is 5.32 Å². The molecule has 24 heavy (non-hydrogen) atoms. The van der Waals surface area contributed by atoms with Crippen molar-refractivity contribution in [2.24, 2.45) is 0 Å². The van der Waals surface area contributed by atoms with Gasteiger partial charge >= 0.3 is 5.97 Å². The molecule has 0 spiro atoms. The van der Waals surface area contributed by atoms with E-state index in [1.807, 2.05) is 25.1 Å². The molecule has 2 aromatic carbocycles. The van der Waals surface area contributed by atoms with Crippen LogP contribution in [0.2, 0.25) is 0 Å². The lowest BCUT2D eigenvalue weighted by Gasteiger charge is -2.14. The Hall–Kier alpha value is -2.14. The fourth-order valence-corrected chi connectivity index (χ4v) is 2.48. The molecular formula is C19H20BrNO3. The van der Waals surface area contributed by atoms with E-state index in [-0.39, 0.29) is 18.6 Å². The lowest BCUT2D eigenvalue weighted by Crippen LogP contribution is -2.36. The molecule has 0 aliphatic rings. The molecule has 2 aromatic rings. The van der Waals surface area contributed by atoms with Gasteiger partial charge in [-0.15, -0.1) is 0 Å². The summed E-state index contributed by atoms with van der Waals surface area (Å²) in [6, 6.07) is 16.9. The Morgan fingerprint density at radius 1 is 1.08 bits per heavy atom. The molecular weight excluding hydrogens is 370 g/mol. The number of halogens is 1. The quantitative estimate of drug-likeness (QED) is 0.733. The highest BCUT2D eigenvalue weighted by atomic mass is 79.9. The average Bonchev–Trinajstić information content (AvgIpc) is 2.59. The van der Waals surface area contributed by atoms with Crippen molar-refractivity contribution in [2.75, 3.05) is 6.61 Å². The number of nitrogens with one attached hydrogen (secondary N) is 1. The number of hydrogen-bond donors (Lipinski definition) is 1. The fraction of sp³-hybridized carbons (Fsp3) is 0.263. The van der Waals surface area contributed by atoms with E-state index in [2.05, 4.69) is 33.4 Å². The van der Waals surface area contributed by atoms with Crippen LogP contribution in [0, 0.1) is 0 Å². The Balaban J connectivity index is 1.70. The number of carbonyl (C=O) groups excluding carboxylic acids is 2. The van der Waals surface area contributed by atoms with Crippen LogP contribution >= 0.6 is 15.9 Å². The maximum absolute atomic E-state index is 11.9. The van der Waals surface area contributed by atoms with Crippen LogP contribution in [0.25, 0.3) is 0 Å². The highest BCUT2D eigenvalue weighted by Crippen LogP contribution is 2.11. The van der Waals surface area contributed by atoms with Crippen LogP contribution in [0.3, 0.4) is 0 Å². The number of carbonyl (C=O) groups is 2. The standard InChI is InChI=1S/C19H20BrNO3/c1-14(7-8-15-5-3-2-4-6-15)21-18(22)13-24-19(23)16-9-11-17(20)12-10-16/h2-6,9-12,14H,7-8,13H2,1H3,(H,21,22)/t14-/m0/s1. The molecule has 0 fully saturated rings. The molecule has 1 atom stereocenters. The molecule has 0 saturated carbocycles. The number of aryl methyl sites for hydroxylation is 1. The minimum absolute atomic E-state index is 0.0177. The van der Waals surface area contributed by atoms with Gasteiger partial charge in [0.2, 0.25) is 0 Å². The second kappa shape index (κ2) is 9.23. The van der Waals surface area contributed by atoms with Crippen LogP contribution in [0.1, 0.15) is 29.3 Å². The van der Waals surface area contributed by atoms with Crippen LogP contribution in [0.5, 0.6) is 0 Å². The van der Waals surface area contributed by atoms with Crippen molar-refractivity contribution in [3.8, 4) is 0 Å². The van der Waals surface area contributed by atoms with E-state index < -0.39 is 5.97 Å². The summed E-state index contributed by atoms with van der Waals surface area (Å²) in [5.74, 6) is -0.796. The van der Waals surface area contributed by atoms with Gasteiger partial charge in [0.15, 0.2) is 6.61 Å². The number of ether oxygens (including phenoxy) is 1. The molecule has 2 rings (SSSR count). The Morgan fingerprint density at radius 3 is 2.42 bits per heavy atom. The molecule has 0 aromatic heterocycles. The van der Waals surface area contributed by atoms with E-state index in [0.717, 1.165) is 17.3 Å². The summed E-state index contributed by atoms with van der Waals surface area (Å²) in [4.78, 5) is 23.7. The Labute approximate surface area is 150 Å². The predicted octanol–water partition coefficient (Wildman–Crippen LogP) is 3.74. The summed E-state index contributed by atoms with van der Waals surface area (Å²) >= 11 is 3.30. The first-order valence-corrected chi connectivity index (χ1v) is 8.60. The van der Waals surface area contributed by atoms with Crippen molar-refractivity contribution in [3.63, 3.8) is 0 Å². The van der Waals surface area contributed by atoms with Crippen molar-refractivity contribution in [2.45, 2.75) is 25.8 Å². The normalized spacial score (nSPS) is 11.6. The van der Waals surface area contributed by atoms with Gasteiger partial charge in [-0.3, -0.25) is 4.79 Å².